The highest BCUT2D eigenvalue weighted by Crippen LogP contribution is 2.49. The molecule has 0 bridgehead atoms. The van der Waals surface area contributed by atoms with Gasteiger partial charge in [-0.3, -0.25) is 9.10 Å². The van der Waals surface area contributed by atoms with Crippen molar-refractivity contribution in [2.24, 2.45) is 5.73 Å². The largest absolute Gasteiger partial charge is 0.451 e. The van der Waals surface area contributed by atoms with Crippen molar-refractivity contribution in [2.75, 3.05) is 23.9 Å². The Morgan fingerprint density at radius 3 is 2.49 bits per heavy atom. The molecule has 1 saturated heterocycles. The molecule has 1 spiro atoms. The van der Waals surface area contributed by atoms with E-state index in [0.717, 1.165) is 16.7 Å². The van der Waals surface area contributed by atoms with Gasteiger partial charge in [0.25, 0.3) is 15.9 Å². The summed E-state index contributed by atoms with van der Waals surface area (Å²) >= 11 is 1.22. The fourth-order valence-electron chi connectivity index (χ4n) is 5.46. The lowest BCUT2D eigenvalue weighted by molar-refractivity contribution is 0.0644. The molecule has 4 aromatic rings. The van der Waals surface area contributed by atoms with Crippen molar-refractivity contribution < 1.29 is 17.6 Å². The van der Waals surface area contributed by atoms with Crippen LogP contribution in [-0.2, 0) is 22.0 Å². The summed E-state index contributed by atoms with van der Waals surface area (Å²) in [6.45, 7) is 1.77. The number of amides is 1. The van der Waals surface area contributed by atoms with E-state index in [1.807, 2.05) is 53.4 Å². The minimum Gasteiger partial charge on any atom is -0.451 e. The number of nitrogens with zero attached hydrogens (tertiary/aromatic N) is 2. The molecule has 0 atom stereocenters. The number of rotatable bonds is 5. The Bertz CT molecular complexity index is 1540. The molecule has 0 aliphatic carbocycles. The van der Waals surface area contributed by atoms with E-state index in [1.54, 1.807) is 27.9 Å². The number of carbonyl (C=O) groups is 1. The second-order valence-corrected chi connectivity index (χ2v) is 12.6. The van der Waals surface area contributed by atoms with Gasteiger partial charge in [0.1, 0.15) is 9.97 Å². The van der Waals surface area contributed by atoms with E-state index in [2.05, 4.69) is 6.07 Å². The summed E-state index contributed by atoms with van der Waals surface area (Å²) in [5.74, 6) is 0.828. The first kappa shape index (κ1) is 24.0. The number of anilines is 1. The Labute approximate surface area is 220 Å². The van der Waals surface area contributed by atoms with Gasteiger partial charge in [-0.05, 0) is 53.6 Å². The van der Waals surface area contributed by atoms with Gasteiger partial charge in [-0.15, -0.1) is 11.3 Å². The van der Waals surface area contributed by atoms with Gasteiger partial charge in [0.2, 0.25) is 0 Å². The predicted molar refractivity (Wildman–Crippen MR) is 144 cm³/mol. The number of hydrogen-bond acceptors (Lipinski definition) is 6. The maximum absolute atomic E-state index is 13.6. The highest BCUT2D eigenvalue weighted by atomic mass is 32.2. The fourth-order valence-corrected chi connectivity index (χ4v) is 8.14. The van der Waals surface area contributed by atoms with Gasteiger partial charge in [-0.2, -0.15) is 0 Å². The van der Waals surface area contributed by atoms with Crippen LogP contribution in [0.25, 0.3) is 11.3 Å². The van der Waals surface area contributed by atoms with Crippen molar-refractivity contribution in [3.8, 4) is 11.3 Å². The molecule has 4 heterocycles. The summed E-state index contributed by atoms with van der Waals surface area (Å²) in [6, 6.07) is 22.5. The third-order valence-corrected chi connectivity index (χ3v) is 10.6. The van der Waals surface area contributed by atoms with Gasteiger partial charge in [-0.25, -0.2) is 8.42 Å². The second-order valence-electron chi connectivity index (χ2n) is 9.60. The minimum absolute atomic E-state index is 0.144. The summed E-state index contributed by atoms with van der Waals surface area (Å²) in [6.07, 6.45) is 1.31. The minimum atomic E-state index is -3.68. The summed E-state index contributed by atoms with van der Waals surface area (Å²) in [5.41, 5.74) is 9.17. The summed E-state index contributed by atoms with van der Waals surface area (Å²) in [7, 11) is -3.68. The number of fused-ring (bicyclic) bond motifs is 2. The van der Waals surface area contributed by atoms with Gasteiger partial charge >= 0.3 is 0 Å². The molecule has 6 rings (SSSR count). The van der Waals surface area contributed by atoms with Crippen LogP contribution in [0.4, 0.5) is 5.69 Å². The standard InChI is InChI=1S/C28H27N3O4S2/c29-18-20-8-9-23-22(17-20)28(19-31(23)37(33,34)26-7-4-16-36-26)12-14-30(15-13-28)27(32)25-11-10-24(35-25)21-5-2-1-3-6-21/h1-11,16-17H,12-15,18-19,29H2. The molecule has 2 N–H and O–H groups in total. The number of benzene rings is 2. The van der Waals surface area contributed by atoms with E-state index in [0.29, 0.717) is 60.4 Å². The van der Waals surface area contributed by atoms with Crippen molar-refractivity contribution in [1.29, 1.82) is 0 Å². The monoisotopic (exact) mass is 533 g/mol. The molecule has 0 saturated carbocycles. The van der Waals surface area contributed by atoms with Gasteiger partial charge < -0.3 is 15.1 Å². The normalized spacial score (nSPS) is 16.8. The van der Waals surface area contributed by atoms with Gasteiger partial charge in [0, 0.05) is 37.2 Å². The molecule has 1 amide bonds. The van der Waals surface area contributed by atoms with Crippen LogP contribution >= 0.6 is 11.3 Å². The molecule has 2 aliphatic heterocycles. The Kier molecular flexibility index (Phi) is 5.94. The third kappa shape index (κ3) is 4.07. The van der Waals surface area contributed by atoms with E-state index < -0.39 is 10.0 Å². The van der Waals surface area contributed by atoms with Crippen molar-refractivity contribution in [2.45, 2.75) is 29.0 Å². The van der Waals surface area contributed by atoms with Gasteiger partial charge in [-0.1, -0.05) is 48.5 Å². The fraction of sp³-hybridized carbons (Fsp3) is 0.250. The molecule has 2 aromatic heterocycles. The highest BCUT2D eigenvalue weighted by molar-refractivity contribution is 7.94. The maximum atomic E-state index is 13.6. The van der Waals surface area contributed by atoms with Gasteiger partial charge in [0.15, 0.2) is 5.76 Å². The molecule has 0 radical (unpaired) electrons. The Balaban J connectivity index is 1.26. The van der Waals surface area contributed by atoms with Crippen molar-refractivity contribution in [3.05, 3.63) is 95.1 Å². The van der Waals surface area contributed by atoms with Crippen LogP contribution in [0.2, 0.25) is 0 Å². The first-order chi connectivity index (χ1) is 17.9. The van der Waals surface area contributed by atoms with E-state index in [4.69, 9.17) is 10.2 Å². The van der Waals surface area contributed by atoms with Crippen LogP contribution in [0.5, 0.6) is 0 Å². The van der Waals surface area contributed by atoms with Crippen molar-refractivity contribution in [1.82, 2.24) is 4.90 Å². The summed E-state index contributed by atoms with van der Waals surface area (Å²) in [4.78, 5) is 15.1. The lowest BCUT2D eigenvalue weighted by Gasteiger charge is -2.39. The number of thiophene rings is 1. The first-order valence-corrected chi connectivity index (χ1v) is 14.6. The average molecular weight is 534 g/mol. The summed E-state index contributed by atoms with van der Waals surface area (Å²) < 4.78 is 34.9. The SMILES string of the molecule is NCc1ccc2c(c1)C1(CCN(C(=O)c3ccc(-c4ccccc4)o3)CC1)CN2S(=O)(=O)c1cccs1. The molecule has 9 heteroatoms. The number of hydrogen-bond donors (Lipinski definition) is 1. The van der Waals surface area contributed by atoms with E-state index in [-0.39, 0.29) is 11.3 Å². The van der Waals surface area contributed by atoms with Crippen LogP contribution in [0.3, 0.4) is 0 Å². The highest BCUT2D eigenvalue weighted by Gasteiger charge is 2.49. The molecule has 0 unspecified atom stereocenters. The molecule has 37 heavy (non-hydrogen) atoms. The molecule has 7 nitrogen and oxygen atoms in total. The Morgan fingerprint density at radius 1 is 1.00 bits per heavy atom. The van der Waals surface area contributed by atoms with E-state index >= 15 is 0 Å². The molecule has 190 valence electrons. The van der Waals surface area contributed by atoms with Crippen LogP contribution in [-0.4, -0.2) is 38.9 Å². The summed E-state index contributed by atoms with van der Waals surface area (Å²) in [5, 5.41) is 1.78. The van der Waals surface area contributed by atoms with E-state index in [9.17, 15) is 13.2 Å². The number of sulfonamides is 1. The first-order valence-electron chi connectivity index (χ1n) is 12.3. The van der Waals surface area contributed by atoms with Crippen LogP contribution < -0.4 is 10.0 Å². The molecule has 2 aliphatic rings. The number of piperidine rings is 1. The quantitative estimate of drug-likeness (QED) is 0.396. The number of carbonyl (C=O) groups excluding carboxylic acids is 1. The van der Waals surface area contributed by atoms with Crippen LogP contribution in [0.1, 0.15) is 34.5 Å². The average Bonchev–Trinajstić information content (AvgIpc) is 3.70. The van der Waals surface area contributed by atoms with Gasteiger partial charge in [0.05, 0.1) is 5.69 Å². The topological polar surface area (TPSA) is 96.8 Å². The second kappa shape index (κ2) is 9.16. The Hall–Kier alpha value is -3.40. The number of nitrogens with two attached hydrogens (primary N) is 1. The molecule has 1 fully saturated rings. The zero-order chi connectivity index (χ0) is 25.6. The zero-order valence-corrected chi connectivity index (χ0v) is 21.8. The Morgan fingerprint density at radius 2 is 1.78 bits per heavy atom. The zero-order valence-electron chi connectivity index (χ0n) is 20.2. The number of likely N-dealkylation sites (tertiary alicyclic amines) is 1. The number of furan rings is 1. The lowest BCUT2D eigenvalue weighted by atomic mass is 9.74. The molecular formula is C28H27N3O4S2. The molecule has 2 aromatic carbocycles. The lowest BCUT2D eigenvalue weighted by Crippen LogP contribution is -2.47. The van der Waals surface area contributed by atoms with Crippen LogP contribution in [0, 0.1) is 0 Å². The smallest absolute Gasteiger partial charge is 0.289 e. The third-order valence-electron chi connectivity index (χ3n) is 7.51. The van der Waals surface area contributed by atoms with Crippen LogP contribution in [0.15, 0.2) is 86.8 Å². The van der Waals surface area contributed by atoms with Crippen molar-refractivity contribution in [3.63, 3.8) is 0 Å². The predicted octanol–water partition coefficient (Wildman–Crippen LogP) is 4.85. The maximum Gasteiger partial charge on any atom is 0.289 e. The van der Waals surface area contributed by atoms with E-state index in [1.165, 1.54) is 11.3 Å². The molecular weight excluding hydrogens is 506 g/mol. The van der Waals surface area contributed by atoms with Crippen molar-refractivity contribution >= 4 is 33.0 Å².